The van der Waals surface area contributed by atoms with Gasteiger partial charge in [0.25, 0.3) is 0 Å². The van der Waals surface area contributed by atoms with Gasteiger partial charge in [0.1, 0.15) is 4.90 Å². The molecule has 0 heterocycles. The molecule has 0 saturated heterocycles. The number of hydrogen-bond donors (Lipinski definition) is 2. The average molecular weight is 282 g/mol. The fraction of sp³-hybridized carbons (Fsp3) is 0.571. The second-order valence-electron chi connectivity index (χ2n) is 5.32. The third-order valence-electron chi connectivity index (χ3n) is 3.78. The van der Waals surface area contributed by atoms with Crippen LogP contribution in [0.3, 0.4) is 0 Å². The minimum Gasteiger partial charge on any atom is -0.387 e. The molecule has 5 heteroatoms. The van der Waals surface area contributed by atoms with Crippen molar-refractivity contribution in [2.24, 2.45) is 5.92 Å². The lowest BCUT2D eigenvalue weighted by molar-refractivity contribution is 0.332. The number of hydrogen-bond acceptors (Lipinski definition) is 3. The summed E-state index contributed by atoms with van der Waals surface area (Å²) >= 11 is 0. The number of sulfonamides is 1. The Labute approximate surface area is 115 Å². The number of anilines is 1. The lowest BCUT2D eigenvalue weighted by Gasteiger charge is -2.27. The molecule has 1 saturated carbocycles. The molecule has 0 amide bonds. The van der Waals surface area contributed by atoms with Crippen molar-refractivity contribution in [2.75, 3.05) is 12.4 Å². The molecule has 0 bridgehead atoms. The van der Waals surface area contributed by atoms with Gasteiger partial charge in [0.2, 0.25) is 10.0 Å². The van der Waals surface area contributed by atoms with Crippen LogP contribution in [-0.4, -0.2) is 21.5 Å². The second kappa shape index (κ2) is 5.92. The molecule has 0 spiro atoms. The Morgan fingerprint density at radius 3 is 2.37 bits per heavy atom. The topological polar surface area (TPSA) is 58.2 Å². The van der Waals surface area contributed by atoms with E-state index in [1.165, 1.54) is 0 Å². The summed E-state index contributed by atoms with van der Waals surface area (Å²) in [4.78, 5) is 0.330. The molecule has 0 atom stereocenters. The van der Waals surface area contributed by atoms with Crippen molar-refractivity contribution in [3.05, 3.63) is 24.3 Å². The molecule has 0 unspecified atom stereocenters. The predicted molar refractivity (Wildman–Crippen MR) is 77.7 cm³/mol. The second-order valence-corrected chi connectivity index (χ2v) is 7.01. The van der Waals surface area contributed by atoms with Gasteiger partial charge in [0.05, 0.1) is 5.69 Å². The molecule has 1 aromatic rings. The maximum absolute atomic E-state index is 12.4. The monoisotopic (exact) mass is 282 g/mol. The van der Waals surface area contributed by atoms with Crippen LogP contribution in [0.2, 0.25) is 0 Å². The molecular formula is C14H22N2O2S. The number of para-hydroxylation sites is 1. The first kappa shape index (κ1) is 14.3. The van der Waals surface area contributed by atoms with E-state index in [0.29, 0.717) is 16.5 Å². The van der Waals surface area contributed by atoms with Gasteiger partial charge in [0, 0.05) is 13.1 Å². The third kappa shape index (κ3) is 3.48. The van der Waals surface area contributed by atoms with Crippen molar-refractivity contribution in [3.63, 3.8) is 0 Å². The van der Waals surface area contributed by atoms with Crippen LogP contribution < -0.4 is 10.0 Å². The van der Waals surface area contributed by atoms with Crippen molar-refractivity contribution in [2.45, 2.75) is 43.5 Å². The van der Waals surface area contributed by atoms with Crippen LogP contribution in [0, 0.1) is 5.92 Å². The highest BCUT2D eigenvalue weighted by molar-refractivity contribution is 7.89. The summed E-state index contributed by atoms with van der Waals surface area (Å²) in [6.07, 6.45) is 4.06. The molecule has 1 fully saturated rings. The zero-order valence-electron chi connectivity index (χ0n) is 11.5. The molecule has 1 aliphatic carbocycles. The van der Waals surface area contributed by atoms with E-state index < -0.39 is 10.0 Å². The van der Waals surface area contributed by atoms with Gasteiger partial charge in [-0.25, -0.2) is 13.1 Å². The molecule has 1 aromatic carbocycles. The van der Waals surface area contributed by atoms with Crippen LogP contribution in [-0.2, 0) is 10.0 Å². The van der Waals surface area contributed by atoms with Crippen LogP contribution in [0.4, 0.5) is 5.69 Å². The Morgan fingerprint density at radius 2 is 1.74 bits per heavy atom. The van der Waals surface area contributed by atoms with E-state index in [2.05, 4.69) is 17.0 Å². The zero-order valence-corrected chi connectivity index (χ0v) is 12.3. The maximum atomic E-state index is 12.4. The molecule has 2 N–H and O–H groups in total. The van der Waals surface area contributed by atoms with E-state index in [0.717, 1.165) is 25.7 Å². The van der Waals surface area contributed by atoms with E-state index >= 15 is 0 Å². The van der Waals surface area contributed by atoms with Crippen LogP contribution in [0.1, 0.15) is 32.6 Å². The van der Waals surface area contributed by atoms with Gasteiger partial charge in [-0.15, -0.1) is 0 Å². The van der Waals surface area contributed by atoms with Crippen LogP contribution >= 0.6 is 0 Å². The standard InChI is InChI=1S/C14H22N2O2S/c1-11-7-9-12(10-8-11)16-19(17,18)14-6-4-3-5-13(14)15-2/h3-6,11-12,15-16H,7-10H2,1-2H3. The largest absolute Gasteiger partial charge is 0.387 e. The van der Waals surface area contributed by atoms with Gasteiger partial charge < -0.3 is 5.32 Å². The molecule has 1 aliphatic rings. The summed E-state index contributed by atoms with van der Waals surface area (Å²) < 4.78 is 27.7. The van der Waals surface area contributed by atoms with Crippen molar-refractivity contribution < 1.29 is 8.42 Å². The number of nitrogens with one attached hydrogen (secondary N) is 2. The first-order valence-corrected chi connectivity index (χ1v) is 8.30. The summed E-state index contributed by atoms with van der Waals surface area (Å²) in [6.45, 7) is 2.22. The Kier molecular flexibility index (Phi) is 4.47. The van der Waals surface area contributed by atoms with Gasteiger partial charge in [-0.2, -0.15) is 0 Å². The minimum atomic E-state index is -3.43. The minimum absolute atomic E-state index is 0.0751. The van der Waals surface area contributed by atoms with Gasteiger partial charge in [-0.05, 0) is 43.7 Å². The highest BCUT2D eigenvalue weighted by Gasteiger charge is 2.25. The maximum Gasteiger partial charge on any atom is 0.242 e. The van der Waals surface area contributed by atoms with E-state index in [-0.39, 0.29) is 6.04 Å². The highest BCUT2D eigenvalue weighted by atomic mass is 32.2. The lowest BCUT2D eigenvalue weighted by atomic mass is 9.88. The quantitative estimate of drug-likeness (QED) is 0.892. The normalized spacial score (nSPS) is 24.1. The van der Waals surface area contributed by atoms with Crippen LogP contribution in [0.5, 0.6) is 0 Å². The van der Waals surface area contributed by atoms with Gasteiger partial charge in [-0.3, -0.25) is 0 Å². The Balaban J connectivity index is 2.14. The fourth-order valence-corrected chi connectivity index (χ4v) is 4.09. The smallest absolute Gasteiger partial charge is 0.242 e. The summed E-state index contributed by atoms with van der Waals surface area (Å²) in [5.74, 6) is 0.713. The van der Waals surface area contributed by atoms with Gasteiger partial charge in [-0.1, -0.05) is 19.1 Å². The zero-order chi connectivity index (χ0) is 13.9. The van der Waals surface area contributed by atoms with Crippen molar-refractivity contribution in [3.8, 4) is 0 Å². The summed E-state index contributed by atoms with van der Waals surface area (Å²) in [7, 11) is -1.70. The molecule has 2 rings (SSSR count). The molecule has 0 aromatic heterocycles. The summed E-state index contributed by atoms with van der Waals surface area (Å²) in [5, 5.41) is 2.93. The SMILES string of the molecule is CNc1ccccc1S(=O)(=O)NC1CCC(C)CC1. The summed E-state index contributed by atoms with van der Waals surface area (Å²) in [6, 6.07) is 7.06. The number of benzene rings is 1. The van der Waals surface area contributed by atoms with E-state index in [1.807, 2.05) is 6.07 Å². The van der Waals surface area contributed by atoms with Crippen LogP contribution in [0.25, 0.3) is 0 Å². The molecule has 4 nitrogen and oxygen atoms in total. The third-order valence-corrected chi connectivity index (χ3v) is 5.36. The first-order valence-electron chi connectivity index (χ1n) is 6.82. The Bertz CT molecular complexity index is 520. The average Bonchev–Trinajstić information content (AvgIpc) is 2.41. The molecule has 0 radical (unpaired) electrons. The predicted octanol–water partition coefficient (Wildman–Crippen LogP) is 2.59. The van der Waals surface area contributed by atoms with E-state index in [1.54, 1.807) is 25.2 Å². The fourth-order valence-electron chi connectivity index (χ4n) is 2.57. The van der Waals surface area contributed by atoms with Crippen molar-refractivity contribution in [1.29, 1.82) is 0 Å². The molecule has 19 heavy (non-hydrogen) atoms. The molecule has 0 aliphatic heterocycles. The number of rotatable bonds is 4. The Hall–Kier alpha value is -1.07. The summed E-state index contributed by atoms with van der Waals surface area (Å²) in [5.41, 5.74) is 0.638. The van der Waals surface area contributed by atoms with Crippen molar-refractivity contribution >= 4 is 15.7 Å². The van der Waals surface area contributed by atoms with Gasteiger partial charge >= 0.3 is 0 Å². The van der Waals surface area contributed by atoms with Crippen LogP contribution in [0.15, 0.2) is 29.2 Å². The van der Waals surface area contributed by atoms with E-state index in [4.69, 9.17) is 0 Å². The molecule has 106 valence electrons. The molecular weight excluding hydrogens is 260 g/mol. The van der Waals surface area contributed by atoms with Crippen molar-refractivity contribution in [1.82, 2.24) is 4.72 Å². The lowest BCUT2D eigenvalue weighted by Crippen LogP contribution is -2.37. The highest BCUT2D eigenvalue weighted by Crippen LogP contribution is 2.26. The Morgan fingerprint density at radius 1 is 1.11 bits per heavy atom. The first-order chi connectivity index (χ1) is 9.03. The van der Waals surface area contributed by atoms with Gasteiger partial charge in [0.15, 0.2) is 0 Å². The van der Waals surface area contributed by atoms with E-state index in [9.17, 15) is 8.42 Å².